The third-order valence-corrected chi connectivity index (χ3v) is 8.91. The van der Waals surface area contributed by atoms with Gasteiger partial charge in [-0.3, -0.25) is 4.79 Å². The third-order valence-electron chi connectivity index (χ3n) is 8.07. The van der Waals surface area contributed by atoms with Crippen molar-refractivity contribution in [2.45, 2.75) is 63.2 Å². The van der Waals surface area contributed by atoms with Crippen LogP contribution in [0, 0.1) is 0 Å². The number of anilines is 1. The summed E-state index contributed by atoms with van der Waals surface area (Å²) in [7, 11) is 0. The summed E-state index contributed by atoms with van der Waals surface area (Å²) in [5, 5.41) is 1.29. The Kier molecular flexibility index (Phi) is 6.09. The predicted molar refractivity (Wildman–Crippen MR) is 137 cm³/mol. The van der Waals surface area contributed by atoms with E-state index in [-0.39, 0.29) is 17.9 Å². The first-order valence-electron chi connectivity index (χ1n) is 12.9. The molecule has 4 heterocycles. The number of amides is 1. The standard InChI is InChI=1S/C28H31F2N3OS/c29-28(30,22-17-20-7-8-25(34)33-16-11-21(18-22)27(20)33)12-3-4-13-32-14-9-19(10-15-32)26-23-5-1-2-6-24(23)35-31-26/h1-2,5-6,17-19H,3-4,7-16H2. The van der Waals surface area contributed by atoms with Gasteiger partial charge in [0.1, 0.15) is 0 Å². The first-order valence-corrected chi connectivity index (χ1v) is 13.7. The molecule has 1 saturated heterocycles. The Bertz CT molecular complexity index is 1250. The van der Waals surface area contributed by atoms with Crippen LogP contribution in [0.1, 0.15) is 66.8 Å². The molecular weight excluding hydrogens is 464 g/mol. The number of unbranched alkanes of at least 4 members (excludes halogenated alkanes) is 1. The van der Waals surface area contributed by atoms with Crippen LogP contribution in [0.15, 0.2) is 36.4 Å². The van der Waals surface area contributed by atoms with Crippen LogP contribution in [0.25, 0.3) is 10.1 Å². The van der Waals surface area contributed by atoms with Crippen LogP contribution in [0.5, 0.6) is 0 Å². The maximum atomic E-state index is 15.1. The minimum Gasteiger partial charge on any atom is -0.312 e. The van der Waals surface area contributed by atoms with Gasteiger partial charge in [0.05, 0.1) is 16.1 Å². The number of piperidine rings is 1. The zero-order valence-electron chi connectivity index (χ0n) is 19.9. The van der Waals surface area contributed by atoms with E-state index in [0.29, 0.717) is 38.1 Å². The van der Waals surface area contributed by atoms with Crippen molar-refractivity contribution in [2.24, 2.45) is 0 Å². The minimum atomic E-state index is -2.82. The molecule has 0 aliphatic carbocycles. The van der Waals surface area contributed by atoms with Gasteiger partial charge in [0.2, 0.25) is 5.91 Å². The molecule has 0 radical (unpaired) electrons. The average Bonchev–Trinajstić information content (AvgIpc) is 3.50. The monoisotopic (exact) mass is 495 g/mol. The molecule has 0 spiro atoms. The molecule has 0 unspecified atom stereocenters. The van der Waals surface area contributed by atoms with E-state index in [2.05, 4.69) is 29.2 Å². The minimum absolute atomic E-state index is 0.116. The summed E-state index contributed by atoms with van der Waals surface area (Å²) in [6.07, 6.45) is 5.05. The summed E-state index contributed by atoms with van der Waals surface area (Å²) in [4.78, 5) is 16.3. The number of carbonyl (C=O) groups is 1. The van der Waals surface area contributed by atoms with Gasteiger partial charge in [0.15, 0.2) is 0 Å². The Hall–Kier alpha value is -2.38. The van der Waals surface area contributed by atoms with Gasteiger partial charge < -0.3 is 9.80 Å². The molecule has 0 saturated carbocycles. The number of halogens is 2. The molecule has 3 aliphatic heterocycles. The van der Waals surface area contributed by atoms with Crippen molar-refractivity contribution in [3.05, 3.63) is 58.8 Å². The summed E-state index contributed by atoms with van der Waals surface area (Å²) in [6, 6.07) is 11.8. The van der Waals surface area contributed by atoms with E-state index in [1.165, 1.54) is 15.8 Å². The number of carbonyl (C=O) groups excluding carboxylic acids is 1. The van der Waals surface area contributed by atoms with Crippen LogP contribution < -0.4 is 4.90 Å². The van der Waals surface area contributed by atoms with E-state index in [4.69, 9.17) is 4.37 Å². The molecule has 2 aromatic carbocycles. The summed E-state index contributed by atoms with van der Waals surface area (Å²) < 4.78 is 36.3. The van der Waals surface area contributed by atoms with Crippen molar-refractivity contribution in [2.75, 3.05) is 31.1 Å². The first-order chi connectivity index (χ1) is 17.0. The van der Waals surface area contributed by atoms with E-state index >= 15 is 8.78 Å². The first kappa shape index (κ1) is 23.0. The van der Waals surface area contributed by atoms with E-state index in [1.54, 1.807) is 28.6 Å². The molecule has 184 valence electrons. The zero-order valence-corrected chi connectivity index (χ0v) is 20.8. The highest BCUT2D eigenvalue weighted by Gasteiger charge is 2.37. The smallest absolute Gasteiger partial charge is 0.273 e. The number of aryl methyl sites for hydroxylation is 1. The Morgan fingerprint density at radius 2 is 1.77 bits per heavy atom. The number of rotatable bonds is 7. The second kappa shape index (κ2) is 9.25. The number of hydrogen-bond donors (Lipinski definition) is 0. The predicted octanol–water partition coefficient (Wildman–Crippen LogP) is 6.27. The Balaban J connectivity index is 1.00. The largest absolute Gasteiger partial charge is 0.312 e. The van der Waals surface area contributed by atoms with Crippen molar-refractivity contribution < 1.29 is 13.6 Å². The summed E-state index contributed by atoms with van der Waals surface area (Å²) in [5.41, 5.74) is 4.13. The number of likely N-dealkylation sites (tertiary alicyclic amines) is 1. The Morgan fingerprint density at radius 3 is 2.60 bits per heavy atom. The lowest BCUT2D eigenvalue weighted by Gasteiger charge is -2.31. The highest BCUT2D eigenvalue weighted by Crippen LogP contribution is 2.42. The molecule has 35 heavy (non-hydrogen) atoms. The topological polar surface area (TPSA) is 36.4 Å². The Morgan fingerprint density at radius 1 is 1.00 bits per heavy atom. The molecule has 4 nitrogen and oxygen atoms in total. The van der Waals surface area contributed by atoms with Gasteiger partial charge in [0, 0.05) is 36.3 Å². The number of nitrogens with zero attached hydrogens (tertiary/aromatic N) is 3. The molecule has 1 fully saturated rings. The lowest BCUT2D eigenvalue weighted by Crippen LogP contribution is -2.34. The SMILES string of the molecule is O=C1CCc2cc(C(F)(F)CCCCN3CCC(c4nsc5ccccc45)CC3)cc3c2N1CC3. The van der Waals surface area contributed by atoms with E-state index in [0.717, 1.165) is 55.7 Å². The highest BCUT2D eigenvalue weighted by atomic mass is 32.1. The molecular formula is C28H31F2N3OS. The molecule has 0 bridgehead atoms. The van der Waals surface area contributed by atoms with Crippen molar-refractivity contribution in [3.63, 3.8) is 0 Å². The number of fused-ring (bicyclic) bond motifs is 1. The fourth-order valence-electron chi connectivity index (χ4n) is 6.13. The zero-order chi connectivity index (χ0) is 24.0. The molecule has 0 N–H and O–H groups in total. The number of hydrogen-bond acceptors (Lipinski definition) is 4. The lowest BCUT2D eigenvalue weighted by molar-refractivity contribution is -0.118. The van der Waals surface area contributed by atoms with Crippen molar-refractivity contribution in [1.82, 2.24) is 9.27 Å². The summed E-state index contributed by atoms with van der Waals surface area (Å²) in [6.45, 7) is 3.53. The van der Waals surface area contributed by atoms with E-state index in [9.17, 15) is 4.79 Å². The van der Waals surface area contributed by atoms with Gasteiger partial charge in [-0.15, -0.1) is 0 Å². The van der Waals surface area contributed by atoms with Crippen molar-refractivity contribution in [1.29, 1.82) is 0 Å². The van der Waals surface area contributed by atoms with Gasteiger partial charge in [-0.05, 0) is 99.0 Å². The highest BCUT2D eigenvalue weighted by molar-refractivity contribution is 7.13. The maximum absolute atomic E-state index is 15.1. The normalized spacial score (nSPS) is 19.0. The Labute approximate surface area is 209 Å². The molecule has 7 heteroatoms. The summed E-state index contributed by atoms with van der Waals surface area (Å²) in [5.74, 6) is -2.20. The van der Waals surface area contributed by atoms with Crippen LogP contribution in [-0.4, -0.2) is 41.4 Å². The van der Waals surface area contributed by atoms with Crippen molar-refractivity contribution >= 4 is 33.2 Å². The molecule has 0 atom stereocenters. The van der Waals surface area contributed by atoms with Gasteiger partial charge in [-0.1, -0.05) is 18.2 Å². The number of alkyl halides is 2. The van der Waals surface area contributed by atoms with Gasteiger partial charge >= 0.3 is 0 Å². The van der Waals surface area contributed by atoms with E-state index in [1.807, 2.05) is 0 Å². The molecule has 1 aromatic heterocycles. The van der Waals surface area contributed by atoms with Gasteiger partial charge in [0.25, 0.3) is 5.92 Å². The van der Waals surface area contributed by atoms with Crippen molar-refractivity contribution in [3.8, 4) is 0 Å². The maximum Gasteiger partial charge on any atom is 0.273 e. The van der Waals surface area contributed by atoms with Crippen LogP contribution in [-0.2, 0) is 23.6 Å². The molecule has 3 aromatic rings. The van der Waals surface area contributed by atoms with Crippen LogP contribution in [0.2, 0.25) is 0 Å². The number of aromatic nitrogens is 1. The second-order valence-corrected chi connectivity index (χ2v) is 11.1. The van der Waals surface area contributed by atoms with Gasteiger partial charge in [-0.25, -0.2) is 8.78 Å². The van der Waals surface area contributed by atoms with E-state index < -0.39 is 5.92 Å². The van der Waals surface area contributed by atoms with Crippen LogP contribution >= 0.6 is 11.5 Å². The number of benzene rings is 2. The van der Waals surface area contributed by atoms with Gasteiger partial charge in [-0.2, -0.15) is 4.37 Å². The fourth-order valence-corrected chi connectivity index (χ4v) is 6.98. The third kappa shape index (κ3) is 4.38. The second-order valence-electron chi connectivity index (χ2n) is 10.3. The lowest BCUT2D eigenvalue weighted by atomic mass is 9.91. The van der Waals surface area contributed by atoms with Crippen LogP contribution in [0.3, 0.4) is 0 Å². The molecule has 6 rings (SSSR count). The van der Waals surface area contributed by atoms with Crippen LogP contribution in [0.4, 0.5) is 14.5 Å². The average molecular weight is 496 g/mol. The molecule has 3 aliphatic rings. The quantitative estimate of drug-likeness (QED) is 0.362. The summed E-state index contributed by atoms with van der Waals surface area (Å²) >= 11 is 1.59. The fraction of sp³-hybridized carbons (Fsp3) is 0.500. The molecule has 1 amide bonds.